The Kier molecular flexibility index (Phi) is 5.53. The first-order valence-electron chi connectivity index (χ1n) is 8.40. The van der Waals surface area contributed by atoms with E-state index in [1.807, 2.05) is 0 Å². The van der Waals surface area contributed by atoms with E-state index < -0.39 is 36.1 Å². The summed E-state index contributed by atoms with van der Waals surface area (Å²) in [6.45, 7) is 0.691. The van der Waals surface area contributed by atoms with Gasteiger partial charge in [0.05, 0.1) is 11.1 Å². The maximum Gasteiger partial charge on any atom is 0.338 e. The molecule has 1 aliphatic rings. The van der Waals surface area contributed by atoms with Crippen LogP contribution in [0.1, 0.15) is 27.6 Å². The van der Waals surface area contributed by atoms with Crippen molar-refractivity contribution in [3.05, 3.63) is 71.8 Å². The number of aliphatic hydroxyl groups excluding tert-OH is 1. The Morgan fingerprint density at radius 3 is 2.11 bits per heavy atom. The van der Waals surface area contributed by atoms with E-state index in [4.69, 9.17) is 14.2 Å². The monoisotopic (exact) mass is 374 g/mol. The van der Waals surface area contributed by atoms with Crippen LogP contribution in [0.15, 0.2) is 60.7 Å². The van der Waals surface area contributed by atoms with Crippen molar-refractivity contribution in [2.45, 2.75) is 31.1 Å². The molecule has 1 unspecified atom stereocenters. The molecule has 7 heteroatoms. The summed E-state index contributed by atoms with van der Waals surface area (Å²) in [5.74, 6) is -1.39. The smallest absolute Gasteiger partial charge is 0.338 e. The van der Waals surface area contributed by atoms with E-state index in [0.29, 0.717) is 5.56 Å². The molecule has 0 amide bonds. The second-order valence-electron chi connectivity index (χ2n) is 6.33. The van der Waals surface area contributed by atoms with Crippen molar-refractivity contribution in [2.75, 3.05) is 6.61 Å². The number of alkyl halides is 1. The number of aliphatic hydroxyl groups is 1. The second kappa shape index (κ2) is 7.85. The molecule has 0 saturated carbocycles. The number of hydrogen-bond donors (Lipinski definition) is 1. The first kappa shape index (κ1) is 19.0. The molecule has 4 atom stereocenters. The van der Waals surface area contributed by atoms with Crippen molar-refractivity contribution in [3.63, 3.8) is 0 Å². The SMILES string of the molecule is C[C@]1(F)C(O)O[C@H](COC(=O)c2ccccc2)[C@H]1OC(=O)c1ccccc1. The number of carbonyl (C=O) groups excluding carboxylic acids is 2. The standard InChI is InChI=1S/C20H19FO6/c1-20(21)16(27-18(23)14-10-6-3-7-11-14)15(26-19(20)24)12-25-17(22)13-8-4-2-5-9-13/h2-11,15-16,19,24H,12H2,1H3/t15-,16-,19?,20-/m1/s1. The van der Waals surface area contributed by atoms with Crippen LogP contribution in [0.2, 0.25) is 0 Å². The maximum atomic E-state index is 14.8. The lowest BCUT2D eigenvalue weighted by Crippen LogP contribution is -2.45. The normalized spacial score (nSPS) is 27.1. The summed E-state index contributed by atoms with van der Waals surface area (Å²) in [6, 6.07) is 16.3. The van der Waals surface area contributed by atoms with E-state index in [1.54, 1.807) is 48.5 Å². The summed E-state index contributed by atoms with van der Waals surface area (Å²) in [4.78, 5) is 24.3. The molecule has 6 nitrogen and oxygen atoms in total. The average molecular weight is 374 g/mol. The molecule has 27 heavy (non-hydrogen) atoms. The molecule has 0 aromatic heterocycles. The predicted octanol–water partition coefficient (Wildman–Crippen LogP) is 2.51. The predicted molar refractivity (Wildman–Crippen MR) is 92.8 cm³/mol. The molecule has 1 N–H and O–H groups in total. The summed E-state index contributed by atoms with van der Waals surface area (Å²) in [5.41, 5.74) is -1.81. The van der Waals surface area contributed by atoms with Gasteiger partial charge in [-0.05, 0) is 31.2 Å². The number of rotatable bonds is 5. The number of hydrogen-bond acceptors (Lipinski definition) is 6. The first-order chi connectivity index (χ1) is 12.9. The van der Waals surface area contributed by atoms with Crippen LogP contribution in [-0.2, 0) is 14.2 Å². The molecule has 2 aromatic rings. The summed E-state index contributed by atoms with van der Waals surface area (Å²) >= 11 is 0. The Hall–Kier alpha value is -2.77. The zero-order chi connectivity index (χ0) is 19.4. The Bertz CT molecular complexity index is 793. The highest BCUT2D eigenvalue weighted by Crippen LogP contribution is 2.36. The lowest BCUT2D eigenvalue weighted by Gasteiger charge is -2.25. The van der Waals surface area contributed by atoms with Gasteiger partial charge in [0.2, 0.25) is 0 Å². The van der Waals surface area contributed by atoms with Crippen LogP contribution < -0.4 is 0 Å². The van der Waals surface area contributed by atoms with Crippen LogP contribution in [0.4, 0.5) is 4.39 Å². The lowest BCUT2D eigenvalue weighted by molar-refractivity contribution is -0.144. The van der Waals surface area contributed by atoms with E-state index >= 15 is 0 Å². The summed E-state index contributed by atoms with van der Waals surface area (Å²) in [6.07, 6.45) is -4.40. The van der Waals surface area contributed by atoms with Gasteiger partial charge in [-0.3, -0.25) is 0 Å². The first-order valence-corrected chi connectivity index (χ1v) is 8.40. The van der Waals surface area contributed by atoms with Crippen molar-refractivity contribution < 1.29 is 33.3 Å². The van der Waals surface area contributed by atoms with E-state index in [2.05, 4.69) is 0 Å². The number of ether oxygens (including phenoxy) is 3. The van der Waals surface area contributed by atoms with Crippen molar-refractivity contribution in [2.24, 2.45) is 0 Å². The minimum absolute atomic E-state index is 0.231. The van der Waals surface area contributed by atoms with Gasteiger partial charge < -0.3 is 19.3 Å². The fourth-order valence-corrected chi connectivity index (χ4v) is 2.76. The third-order valence-corrected chi connectivity index (χ3v) is 4.31. The van der Waals surface area contributed by atoms with E-state index in [1.165, 1.54) is 12.1 Å². The zero-order valence-electron chi connectivity index (χ0n) is 14.6. The molecule has 1 aliphatic heterocycles. The number of halogens is 1. The zero-order valence-corrected chi connectivity index (χ0v) is 14.6. The third-order valence-electron chi connectivity index (χ3n) is 4.31. The van der Waals surface area contributed by atoms with Gasteiger partial charge >= 0.3 is 11.9 Å². The molecule has 1 fully saturated rings. The molecule has 142 valence electrons. The molecule has 1 heterocycles. The van der Waals surface area contributed by atoms with Crippen molar-refractivity contribution in [3.8, 4) is 0 Å². The minimum atomic E-state index is -2.35. The maximum absolute atomic E-state index is 14.8. The molecule has 0 spiro atoms. The van der Waals surface area contributed by atoms with Gasteiger partial charge in [-0.1, -0.05) is 36.4 Å². The van der Waals surface area contributed by atoms with Gasteiger partial charge in [0.25, 0.3) is 0 Å². The number of esters is 2. The molecule has 3 rings (SSSR count). The summed E-state index contributed by atoms with van der Waals surface area (Å²) < 4.78 is 30.4. The van der Waals surface area contributed by atoms with Gasteiger partial charge in [-0.2, -0.15) is 0 Å². The average Bonchev–Trinajstić information content (AvgIpc) is 2.90. The molecule has 2 aromatic carbocycles. The van der Waals surface area contributed by atoms with Crippen LogP contribution in [0.25, 0.3) is 0 Å². The molecular formula is C20H19FO6. The van der Waals surface area contributed by atoms with E-state index in [9.17, 15) is 19.1 Å². The van der Waals surface area contributed by atoms with Crippen LogP contribution >= 0.6 is 0 Å². The Balaban J connectivity index is 1.69. The van der Waals surface area contributed by atoms with Crippen molar-refractivity contribution in [1.29, 1.82) is 0 Å². The Morgan fingerprint density at radius 2 is 1.56 bits per heavy atom. The highest BCUT2D eigenvalue weighted by Gasteiger charge is 2.57. The van der Waals surface area contributed by atoms with Gasteiger partial charge in [0.1, 0.15) is 12.7 Å². The van der Waals surface area contributed by atoms with Crippen molar-refractivity contribution >= 4 is 11.9 Å². The lowest BCUT2D eigenvalue weighted by atomic mass is 9.99. The molecule has 0 aliphatic carbocycles. The topological polar surface area (TPSA) is 82.1 Å². The van der Waals surface area contributed by atoms with Crippen molar-refractivity contribution in [1.82, 2.24) is 0 Å². The highest BCUT2D eigenvalue weighted by atomic mass is 19.1. The summed E-state index contributed by atoms with van der Waals surface area (Å²) in [7, 11) is 0. The molecule has 0 bridgehead atoms. The molecule has 0 radical (unpaired) electrons. The number of carbonyl (C=O) groups is 2. The quantitative estimate of drug-likeness (QED) is 0.810. The Labute approximate surface area is 155 Å². The summed E-state index contributed by atoms with van der Waals surface area (Å²) in [5, 5.41) is 9.83. The van der Waals surface area contributed by atoms with Crippen LogP contribution in [-0.4, -0.2) is 47.8 Å². The largest absolute Gasteiger partial charge is 0.459 e. The van der Waals surface area contributed by atoms with Gasteiger partial charge in [0, 0.05) is 0 Å². The highest BCUT2D eigenvalue weighted by molar-refractivity contribution is 5.90. The van der Waals surface area contributed by atoms with E-state index in [0.717, 1.165) is 6.92 Å². The van der Waals surface area contributed by atoms with Crippen LogP contribution in [0, 0.1) is 0 Å². The fraction of sp³-hybridized carbons (Fsp3) is 0.300. The van der Waals surface area contributed by atoms with Gasteiger partial charge in [-0.15, -0.1) is 0 Å². The minimum Gasteiger partial charge on any atom is -0.459 e. The van der Waals surface area contributed by atoms with Crippen LogP contribution in [0.5, 0.6) is 0 Å². The number of benzene rings is 2. The van der Waals surface area contributed by atoms with Gasteiger partial charge in [-0.25, -0.2) is 14.0 Å². The van der Waals surface area contributed by atoms with E-state index in [-0.39, 0.29) is 12.2 Å². The Morgan fingerprint density at radius 1 is 1.04 bits per heavy atom. The van der Waals surface area contributed by atoms with Gasteiger partial charge in [0.15, 0.2) is 18.1 Å². The fourth-order valence-electron chi connectivity index (χ4n) is 2.76. The molecule has 1 saturated heterocycles. The molecular weight excluding hydrogens is 355 g/mol. The van der Waals surface area contributed by atoms with Crippen LogP contribution in [0.3, 0.4) is 0 Å². The third kappa shape index (κ3) is 4.15. The second-order valence-corrected chi connectivity index (χ2v) is 6.33.